The van der Waals surface area contributed by atoms with Crippen LogP contribution in [0.5, 0.6) is 5.75 Å². The second-order valence-electron chi connectivity index (χ2n) is 5.54. The van der Waals surface area contributed by atoms with Crippen molar-refractivity contribution in [3.63, 3.8) is 0 Å². The number of hydrogen-bond acceptors (Lipinski definition) is 4. The number of hydrogen-bond donors (Lipinski definition) is 1. The van der Waals surface area contributed by atoms with E-state index >= 15 is 0 Å². The Bertz CT molecular complexity index is 410. The number of aryl methyl sites for hydroxylation is 1. The number of likely N-dealkylation sites (N-methyl/N-ethyl adjacent to an activating group) is 2. The normalized spacial score (nSPS) is 13.8. The fourth-order valence-electron chi connectivity index (χ4n) is 3.02. The SMILES string of the molecule is CCNC(c1c(OC)cnn1C)C(C)(C)N(CC)CC. The quantitative estimate of drug-likeness (QED) is 0.794. The molecule has 1 N–H and O–H groups in total. The zero-order chi connectivity index (χ0) is 15.3. The Balaban J connectivity index is 3.25. The third kappa shape index (κ3) is 3.15. The molecular weight excluding hydrogens is 252 g/mol. The predicted molar refractivity (Wildman–Crippen MR) is 83.2 cm³/mol. The van der Waals surface area contributed by atoms with Gasteiger partial charge in [-0.1, -0.05) is 20.8 Å². The lowest BCUT2D eigenvalue weighted by Gasteiger charge is -2.43. The maximum atomic E-state index is 5.49. The molecule has 5 heteroatoms. The second-order valence-corrected chi connectivity index (χ2v) is 5.54. The van der Waals surface area contributed by atoms with Gasteiger partial charge in [0.2, 0.25) is 0 Å². The largest absolute Gasteiger partial charge is 0.493 e. The monoisotopic (exact) mass is 282 g/mol. The van der Waals surface area contributed by atoms with Gasteiger partial charge < -0.3 is 10.1 Å². The van der Waals surface area contributed by atoms with E-state index in [0.717, 1.165) is 31.1 Å². The van der Waals surface area contributed by atoms with Crippen molar-refractivity contribution in [1.29, 1.82) is 0 Å². The molecule has 1 heterocycles. The summed E-state index contributed by atoms with van der Waals surface area (Å²) in [5, 5.41) is 7.96. The number of methoxy groups -OCH3 is 1. The third-order valence-electron chi connectivity index (χ3n) is 4.14. The van der Waals surface area contributed by atoms with E-state index in [1.54, 1.807) is 13.3 Å². The summed E-state index contributed by atoms with van der Waals surface area (Å²) in [5.41, 5.74) is 1.08. The molecule has 0 bridgehead atoms. The van der Waals surface area contributed by atoms with Crippen molar-refractivity contribution in [1.82, 2.24) is 20.0 Å². The molecule has 1 atom stereocenters. The first-order valence-corrected chi connectivity index (χ1v) is 7.48. The molecule has 1 rings (SSSR count). The molecule has 0 aromatic carbocycles. The van der Waals surface area contributed by atoms with E-state index in [9.17, 15) is 0 Å². The van der Waals surface area contributed by atoms with E-state index in [4.69, 9.17) is 4.74 Å². The highest BCUT2D eigenvalue weighted by Crippen LogP contribution is 2.35. The molecule has 5 nitrogen and oxygen atoms in total. The molecule has 116 valence electrons. The first-order valence-electron chi connectivity index (χ1n) is 7.48. The standard InChI is InChI=1S/C15H30N4O/c1-8-16-14(15(4,5)19(9-2)10-3)13-12(20-7)11-17-18(13)6/h11,14,16H,8-10H2,1-7H3. The van der Waals surface area contributed by atoms with Gasteiger partial charge in [-0.15, -0.1) is 0 Å². The highest BCUT2D eigenvalue weighted by molar-refractivity contribution is 5.30. The summed E-state index contributed by atoms with van der Waals surface area (Å²) in [6.45, 7) is 14.0. The van der Waals surface area contributed by atoms with Crippen LogP contribution in [-0.4, -0.2) is 47.0 Å². The zero-order valence-corrected chi connectivity index (χ0v) is 14.0. The van der Waals surface area contributed by atoms with Gasteiger partial charge in [-0.05, 0) is 33.5 Å². The maximum Gasteiger partial charge on any atom is 0.161 e. The van der Waals surface area contributed by atoms with Crippen LogP contribution in [0, 0.1) is 0 Å². The molecule has 0 aliphatic carbocycles. The molecule has 0 amide bonds. The van der Waals surface area contributed by atoms with Crippen LogP contribution in [0.4, 0.5) is 0 Å². The first kappa shape index (κ1) is 17.0. The predicted octanol–water partition coefficient (Wildman–Crippen LogP) is 2.20. The van der Waals surface area contributed by atoms with Crippen molar-refractivity contribution in [2.24, 2.45) is 7.05 Å². The van der Waals surface area contributed by atoms with Crippen LogP contribution in [0.2, 0.25) is 0 Å². The van der Waals surface area contributed by atoms with E-state index < -0.39 is 0 Å². The van der Waals surface area contributed by atoms with Crippen molar-refractivity contribution >= 4 is 0 Å². The van der Waals surface area contributed by atoms with Crippen molar-refractivity contribution < 1.29 is 4.74 Å². The Labute approximate surface area is 123 Å². The smallest absolute Gasteiger partial charge is 0.161 e. The average Bonchev–Trinajstić information content (AvgIpc) is 2.77. The van der Waals surface area contributed by atoms with Gasteiger partial charge in [0.25, 0.3) is 0 Å². The molecule has 1 unspecified atom stereocenters. The molecule has 0 saturated carbocycles. The Hall–Kier alpha value is -1.07. The van der Waals surface area contributed by atoms with E-state index in [0.29, 0.717) is 0 Å². The summed E-state index contributed by atoms with van der Waals surface area (Å²) in [7, 11) is 3.68. The van der Waals surface area contributed by atoms with Crippen molar-refractivity contribution in [3.8, 4) is 5.75 Å². The second kappa shape index (κ2) is 7.09. The lowest BCUT2D eigenvalue weighted by atomic mass is 9.89. The molecule has 0 aliphatic heterocycles. The van der Waals surface area contributed by atoms with Crippen LogP contribution in [0.15, 0.2) is 6.20 Å². The highest BCUT2D eigenvalue weighted by Gasteiger charge is 2.38. The Kier molecular flexibility index (Phi) is 6.02. The van der Waals surface area contributed by atoms with Gasteiger partial charge >= 0.3 is 0 Å². The van der Waals surface area contributed by atoms with Gasteiger partial charge in [-0.25, -0.2) is 0 Å². The fourth-order valence-corrected chi connectivity index (χ4v) is 3.02. The lowest BCUT2D eigenvalue weighted by Crippen LogP contribution is -2.53. The van der Waals surface area contributed by atoms with Crippen LogP contribution >= 0.6 is 0 Å². The molecule has 0 radical (unpaired) electrons. The number of rotatable bonds is 8. The minimum Gasteiger partial charge on any atom is -0.493 e. The van der Waals surface area contributed by atoms with E-state index in [1.165, 1.54) is 0 Å². The fraction of sp³-hybridized carbons (Fsp3) is 0.800. The molecular formula is C15H30N4O. The van der Waals surface area contributed by atoms with Gasteiger partial charge in [0.1, 0.15) is 0 Å². The Morgan fingerprint density at radius 3 is 2.40 bits per heavy atom. The molecule has 0 aliphatic rings. The summed E-state index contributed by atoms with van der Waals surface area (Å²) >= 11 is 0. The highest BCUT2D eigenvalue weighted by atomic mass is 16.5. The van der Waals surface area contributed by atoms with E-state index in [-0.39, 0.29) is 11.6 Å². The summed E-state index contributed by atoms with van der Waals surface area (Å²) in [4.78, 5) is 2.47. The number of nitrogens with zero attached hydrogens (tertiary/aromatic N) is 3. The van der Waals surface area contributed by atoms with Crippen molar-refractivity contribution in [3.05, 3.63) is 11.9 Å². The molecule has 0 fully saturated rings. The van der Waals surface area contributed by atoms with Crippen LogP contribution in [0.25, 0.3) is 0 Å². The van der Waals surface area contributed by atoms with E-state index in [1.807, 2.05) is 11.7 Å². The van der Waals surface area contributed by atoms with Gasteiger partial charge in [0.15, 0.2) is 5.75 Å². The third-order valence-corrected chi connectivity index (χ3v) is 4.14. The Morgan fingerprint density at radius 2 is 1.95 bits per heavy atom. The van der Waals surface area contributed by atoms with Crippen LogP contribution in [0.3, 0.4) is 0 Å². The molecule has 1 aromatic rings. The van der Waals surface area contributed by atoms with Crippen molar-refractivity contribution in [2.45, 2.75) is 46.2 Å². The molecule has 0 saturated heterocycles. The van der Waals surface area contributed by atoms with Gasteiger partial charge in [-0.3, -0.25) is 9.58 Å². The topological polar surface area (TPSA) is 42.3 Å². The van der Waals surface area contributed by atoms with E-state index in [2.05, 4.69) is 49.9 Å². The van der Waals surface area contributed by atoms with Gasteiger partial charge in [0.05, 0.1) is 25.0 Å². The number of nitrogens with one attached hydrogen (secondary N) is 1. The van der Waals surface area contributed by atoms with Gasteiger partial charge in [-0.2, -0.15) is 5.10 Å². The van der Waals surface area contributed by atoms with Gasteiger partial charge in [0, 0.05) is 12.6 Å². The molecule has 20 heavy (non-hydrogen) atoms. The minimum absolute atomic E-state index is 0.0272. The van der Waals surface area contributed by atoms with Crippen LogP contribution in [-0.2, 0) is 7.05 Å². The maximum absolute atomic E-state index is 5.49. The number of aromatic nitrogens is 2. The lowest BCUT2D eigenvalue weighted by molar-refractivity contribution is 0.0874. The first-order chi connectivity index (χ1) is 9.43. The molecule has 0 spiro atoms. The average molecular weight is 282 g/mol. The Morgan fingerprint density at radius 1 is 1.35 bits per heavy atom. The summed E-state index contributed by atoms with van der Waals surface area (Å²) in [6.07, 6.45) is 1.79. The molecule has 1 aromatic heterocycles. The van der Waals surface area contributed by atoms with Crippen LogP contribution < -0.4 is 10.1 Å². The zero-order valence-electron chi connectivity index (χ0n) is 14.0. The summed E-state index contributed by atoms with van der Waals surface area (Å²) < 4.78 is 7.41. The number of ether oxygens (including phenoxy) is 1. The van der Waals surface area contributed by atoms with Crippen LogP contribution in [0.1, 0.15) is 46.4 Å². The minimum atomic E-state index is -0.0272. The summed E-state index contributed by atoms with van der Waals surface area (Å²) in [5.74, 6) is 0.846. The summed E-state index contributed by atoms with van der Waals surface area (Å²) in [6, 6.07) is 0.162. The van der Waals surface area contributed by atoms with Crippen molar-refractivity contribution in [2.75, 3.05) is 26.7 Å².